The van der Waals surface area contributed by atoms with E-state index in [4.69, 9.17) is 0 Å². The highest BCUT2D eigenvalue weighted by Gasteiger charge is 2.29. The van der Waals surface area contributed by atoms with Crippen molar-refractivity contribution in [2.45, 2.75) is 31.3 Å². The van der Waals surface area contributed by atoms with Gasteiger partial charge in [0, 0.05) is 10.8 Å². The summed E-state index contributed by atoms with van der Waals surface area (Å²) < 4.78 is 0. The topological polar surface area (TPSA) is 78.7 Å². The number of aromatic nitrogens is 2. The van der Waals surface area contributed by atoms with Gasteiger partial charge in [0.25, 0.3) is 0 Å². The Morgan fingerprint density at radius 1 is 1.45 bits per heavy atom. The first-order valence-electron chi connectivity index (χ1n) is 7.02. The van der Waals surface area contributed by atoms with Crippen LogP contribution in [0.4, 0.5) is 0 Å². The minimum absolute atomic E-state index is 0.0313. The molecule has 0 spiro atoms. The van der Waals surface area contributed by atoms with Gasteiger partial charge < -0.3 is 5.32 Å². The third kappa shape index (κ3) is 3.55. The van der Waals surface area contributed by atoms with Crippen LogP contribution in [0.2, 0.25) is 0 Å². The van der Waals surface area contributed by atoms with E-state index in [1.54, 1.807) is 13.1 Å². The van der Waals surface area contributed by atoms with Crippen molar-refractivity contribution in [1.82, 2.24) is 15.5 Å². The van der Waals surface area contributed by atoms with E-state index in [-0.39, 0.29) is 17.6 Å². The molecule has 0 aliphatic rings. The molecule has 114 valence electrons. The van der Waals surface area contributed by atoms with Gasteiger partial charge in [0.2, 0.25) is 5.91 Å². The first-order chi connectivity index (χ1) is 10.5. The minimum atomic E-state index is -0.859. The number of carbonyl (C=O) groups is 1. The second kappa shape index (κ2) is 6.75. The van der Waals surface area contributed by atoms with E-state index in [9.17, 15) is 10.1 Å². The maximum Gasteiger partial charge on any atom is 0.231 e. The molecule has 1 atom stereocenters. The van der Waals surface area contributed by atoms with Crippen molar-refractivity contribution in [3.63, 3.8) is 0 Å². The van der Waals surface area contributed by atoms with Gasteiger partial charge in [0.05, 0.1) is 18.0 Å². The summed E-state index contributed by atoms with van der Waals surface area (Å²) in [6.07, 6.45) is 1.70. The third-order valence-electron chi connectivity index (χ3n) is 3.66. The number of hydrogen-bond donors (Lipinski definition) is 1. The minimum Gasteiger partial charge on any atom is -0.337 e. The van der Waals surface area contributed by atoms with Gasteiger partial charge in [-0.1, -0.05) is 49.9 Å². The number of carbonyl (C=O) groups excluding carboxylic acids is 1. The summed E-state index contributed by atoms with van der Waals surface area (Å²) in [7, 11) is 0. The quantitative estimate of drug-likeness (QED) is 0.859. The van der Waals surface area contributed by atoms with Crippen molar-refractivity contribution in [2.24, 2.45) is 5.92 Å². The van der Waals surface area contributed by atoms with Crippen molar-refractivity contribution >= 4 is 28.4 Å². The summed E-state index contributed by atoms with van der Waals surface area (Å²) >= 11 is 1.33. The van der Waals surface area contributed by atoms with E-state index in [1.807, 2.05) is 38.1 Å². The van der Waals surface area contributed by atoms with E-state index >= 15 is 0 Å². The number of thioether (sulfide) groups is 1. The van der Waals surface area contributed by atoms with Gasteiger partial charge in [-0.25, -0.2) is 0 Å². The van der Waals surface area contributed by atoms with Gasteiger partial charge in [-0.15, -0.1) is 5.10 Å². The van der Waals surface area contributed by atoms with E-state index in [1.165, 1.54) is 11.8 Å². The molecule has 1 heterocycles. The molecule has 0 unspecified atom stereocenters. The standard InChI is InChI=1S/C16H18N4OS/c1-11(2)16(3,10-17)19-14(21)9-22-15-13-7-5-4-6-12(13)8-18-20-15/h4-8,11H,9H2,1-3H3,(H,19,21)/t16-/m0/s1. The Morgan fingerprint density at radius 3 is 2.86 bits per heavy atom. The predicted octanol–water partition coefficient (Wildman–Crippen LogP) is 2.78. The Kier molecular flexibility index (Phi) is 4.99. The van der Waals surface area contributed by atoms with Gasteiger partial charge in [-0.3, -0.25) is 4.79 Å². The maximum atomic E-state index is 12.1. The number of nitrogens with zero attached hydrogens (tertiary/aromatic N) is 3. The first-order valence-corrected chi connectivity index (χ1v) is 8.00. The van der Waals surface area contributed by atoms with Crippen LogP contribution in [0.25, 0.3) is 10.8 Å². The number of amides is 1. The van der Waals surface area contributed by atoms with Gasteiger partial charge in [-0.05, 0) is 12.8 Å². The molecule has 1 aromatic heterocycles. The van der Waals surface area contributed by atoms with Crippen LogP contribution in [0.3, 0.4) is 0 Å². The van der Waals surface area contributed by atoms with Crippen LogP contribution in [0.15, 0.2) is 35.5 Å². The second-order valence-electron chi connectivity index (χ2n) is 5.54. The highest BCUT2D eigenvalue weighted by molar-refractivity contribution is 8.00. The molecule has 2 aromatic rings. The van der Waals surface area contributed by atoms with Crippen LogP contribution < -0.4 is 5.32 Å². The van der Waals surface area contributed by atoms with Gasteiger partial charge >= 0.3 is 0 Å². The van der Waals surface area contributed by atoms with Crippen molar-refractivity contribution < 1.29 is 4.79 Å². The van der Waals surface area contributed by atoms with E-state index < -0.39 is 5.54 Å². The van der Waals surface area contributed by atoms with Crippen LogP contribution in [0.5, 0.6) is 0 Å². The summed E-state index contributed by atoms with van der Waals surface area (Å²) in [6, 6.07) is 9.95. The van der Waals surface area contributed by atoms with E-state index in [2.05, 4.69) is 21.6 Å². The molecule has 6 heteroatoms. The fourth-order valence-corrected chi connectivity index (χ4v) is 2.66. The van der Waals surface area contributed by atoms with Gasteiger partial charge in [0.15, 0.2) is 0 Å². The van der Waals surface area contributed by atoms with Crippen molar-refractivity contribution in [1.29, 1.82) is 5.26 Å². The molecular formula is C16H18N4OS. The number of fused-ring (bicyclic) bond motifs is 1. The van der Waals surface area contributed by atoms with Crippen LogP contribution >= 0.6 is 11.8 Å². The van der Waals surface area contributed by atoms with E-state index in [0.717, 1.165) is 15.8 Å². The summed E-state index contributed by atoms with van der Waals surface area (Å²) in [5, 5.41) is 22.8. The normalized spacial score (nSPS) is 13.6. The zero-order chi connectivity index (χ0) is 16.2. The molecule has 22 heavy (non-hydrogen) atoms. The number of hydrogen-bond acceptors (Lipinski definition) is 5. The fraction of sp³-hybridized carbons (Fsp3) is 0.375. The zero-order valence-electron chi connectivity index (χ0n) is 12.8. The van der Waals surface area contributed by atoms with Crippen molar-refractivity contribution in [3.8, 4) is 6.07 Å². The van der Waals surface area contributed by atoms with Crippen LogP contribution in [0, 0.1) is 17.2 Å². The lowest BCUT2D eigenvalue weighted by atomic mass is 9.90. The van der Waals surface area contributed by atoms with E-state index in [0.29, 0.717) is 0 Å². The Bertz CT molecular complexity index is 720. The van der Waals surface area contributed by atoms with Crippen molar-refractivity contribution in [2.75, 3.05) is 5.75 Å². The summed E-state index contributed by atoms with van der Waals surface area (Å²) in [5.41, 5.74) is -0.859. The molecular weight excluding hydrogens is 296 g/mol. The largest absolute Gasteiger partial charge is 0.337 e. The molecule has 1 amide bonds. The molecule has 0 saturated carbocycles. The number of nitriles is 1. The van der Waals surface area contributed by atoms with Crippen LogP contribution in [0.1, 0.15) is 20.8 Å². The molecule has 0 radical (unpaired) electrons. The molecule has 0 aliphatic heterocycles. The Balaban J connectivity index is 2.06. The van der Waals surface area contributed by atoms with Gasteiger partial charge in [-0.2, -0.15) is 10.4 Å². The molecule has 5 nitrogen and oxygen atoms in total. The number of rotatable bonds is 5. The average Bonchev–Trinajstić information content (AvgIpc) is 2.52. The lowest BCUT2D eigenvalue weighted by Gasteiger charge is -2.27. The molecule has 1 aromatic carbocycles. The average molecular weight is 314 g/mol. The Hall–Kier alpha value is -2.13. The summed E-state index contributed by atoms with van der Waals surface area (Å²) in [5.74, 6) is 0.0495. The monoisotopic (exact) mass is 314 g/mol. The highest BCUT2D eigenvalue weighted by Crippen LogP contribution is 2.24. The Labute approximate surface area is 134 Å². The summed E-state index contributed by atoms with van der Waals surface area (Å²) in [6.45, 7) is 5.55. The van der Waals surface area contributed by atoms with Crippen molar-refractivity contribution in [3.05, 3.63) is 30.5 Å². The Morgan fingerprint density at radius 2 is 2.18 bits per heavy atom. The van der Waals surface area contributed by atoms with Crippen LogP contribution in [-0.4, -0.2) is 27.4 Å². The molecule has 0 fully saturated rings. The first kappa shape index (κ1) is 16.2. The molecule has 0 aliphatic carbocycles. The number of benzene rings is 1. The lowest BCUT2D eigenvalue weighted by molar-refractivity contribution is -0.120. The SMILES string of the molecule is CC(C)[C@](C)(C#N)NC(=O)CSc1nncc2ccccc12. The fourth-order valence-electron chi connectivity index (χ4n) is 1.87. The van der Waals surface area contributed by atoms with Gasteiger partial charge in [0.1, 0.15) is 10.6 Å². The smallest absolute Gasteiger partial charge is 0.231 e. The summed E-state index contributed by atoms with van der Waals surface area (Å²) in [4.78, 5) is 12.1. The lowest BCUT2D eigenvalue weighted by Crippen LogP contribution is -2.49. The molecule has 0 bridgehead atoms. The zero-order valence-corrected chi connectivity index (χ0v) is 13.6. The molecule has 2 rings (SSSR count). The predicted molar refractivity (Wildman–Crippen MR) is 87.3 cm³/mol. The third-order valence-corrected chi connectivity index (χ3v) is 4.64. The van der Waals surface area contributed by atoms with Crippen LogP contribution in [-0.2, 0) is 4.79 Å². The maximum absolute atomic E-state index is 12.1. The molecule has 0 saturated heterocycles. The highest BCUT2D eigenvalue weighted by atomic mass is 32.2. The molecule has 1 N–H and O–H groups in total. The number of nitrogens with one attached hydrogen (secondary N) is 1. The second-order valence-corrected chi connectivity index (χ2v) is 6.51.